The predicted octanol–water partition coefficient (Wildman–Crippen LogP) is 2.46. The summed E-state index contributed by atoms with van der Waals surface area (Å²) in [5.41, 5.74) is -5.98. The quantitative estimate of drug-likeness (QED) is 0.522. The second-order valence-electron chi connectivity index (χ2n) is 4.85. The van der Waals surface area contributed by atoms with Gasteiger partial charge in [-0.2, -0.15) is 0 Å². The van der Waals surface area contributed by atoms with E-state index >= 15 is 0 Å². The van der Waals surface area contributed by atoms with Crippen molar-refractivity contribution in [2.45, 2.75) is 24.3 Å². The van der Waals surface area contributed by atoms with Gasteiger partial charge in [0, 0.05) is 0 Å². The molecule has 0 aliphatic rings. The number of rotatable bonds is 4. The summed E-state index contributed by atoms with van der Waals surface area (Å²) < 4.78 is 75.0. The van der Waals surface area contributed by atoms with Crippen LogP contribution in [0.3, 0.4) is 0 Å². The molecule has 0 N–H and O–H groups in total. The van der Waals surface area contributed by atoms with Gasteiger partial charge in [0.25, 0.3) is 0 Å². The van der Waals surface area contributed by atoms with E-state index in [1.165, 1.54) is 6.07 Å². The Morgan fingerprint density at radius 3 is 2.69 bits per heavy atom. The SMILES string of the molecule is [2H]c1cc(-c2nc(C)c(C(=O)OCC)[se]2)cc(C#N)c1S(=O)(=O)C(F)(F)F. The summed E-state index contributed by atoms with van der Waals surface area (Å²) in [5, 5.41) is 9.12. The molecule has 0 saturated heterocycles. The minimum absolute atomic E-state index is 0.108. The van der Waals surface area contributed by atoms with Gasteiger partial charge >= 0.3 is 154 Å². The van der Waals surface area contributed by atoms with Gasteiger partial charge in [-0.05, 0) is 0 Å². The van der Waals surface area contributed by atoms with Gasteiger partial charge < -0.3 is 0 Å². The molecule has 0 fully saturated rings. The van der Waals surface area contributed by atoms with E-state index in [-0.39, 0.29) is 16.7 Å². The molecule has 26 heavy (non-hydrogen) atoms. The number of benzene rings is 1. The summed E-state index contributed by atoms with van der Waals surface area (Å²) in [6, 6.07) is 2.24. The van der Waals surface area contributed by atoms with E-state index in [0.29, 0.717) is 10.1 Å². The number of carbonyl (C=O) groups excluding carboxylic acids is 1. The molecule has 138 valence electrons. The van der Waals surface area contributed by atoms with Gasteiger partial charge in [-0.15, -0.1) is 0 Å². The summed E-state index contributed by atoms with van der Waals surface area (Å²) in [5.74, 6) is -0.573. The molecule has 1 aromatic carbocycles. The van der Waals surface area contributed by atoms with Crippen molar-refractivity contribution in [3.63, 3.8) is 0 Å². The third-order valence-electron chi connectivity index (χ3n) is 3.10. The Labute approximate surface area is 154 Å². The number of alkyl halides is 3. The Kier molecular flexibility index (Phi) is 5.18. The van der Waals surface area contributed by atoms with Crippen LogP contribution in [0, 0.1) is 18.3 Å². The molecule has 0 bridgehead atoms. The van der Waals surface area contributed by atoms with Crippen LogP contribution in [0.4, 0.5) is 13.2 Å². The van der Waals surface area contributed by atoms with Crippen LogP contribution >= 0.6 is 0 Å². The van der Waals surface area contributed by atoms with E-state index < -0.39 is 52.3 Å². The van der Waals surface area contributed by atoms with E-state index in [0.717, 1.165) is 12.1 Å². The van der Waals surface area contributed by atoms with Crippen molar-refractivity contribution in [3.05, 3.63) is 33.9 Å². The van der Waals surface area contributed by atoms with Crippen molar-refractivity contribution in [3.8, 4) is 16.2 Å². The average molecular weight is 452 g/mol. The Hall–Kier alpha value is -2.15. The molecule has 0 atom stereocenters. The van der Waals surface area contributed by atoms with Crippen molar-refractivity contribution in [1.29, 1.82) is 5.26 Å². The maximum absolute atomic E-state index is 12.8. The van der Waals surface area contributed by atoms with E-state index in [1.54, 1.807) is 13.8 Å². The van der Waals surface area contributed by atoms with Crippen LogP contribution in [0.25, 0.3) is 10.1 Å². The molecule has 2 aromatic rings. The first-order chi connectivity index (χ1) is 12.4. The number of aryl methyl sites for hydroxylation is 1. The molecule has 0 saturated carbocycles. The minimum atomic E-state index is -5.86. The number of halogens is 3. The summed E-state index contributed by atoms with van der Waals surface area (Å²) >= 11 is -0.667. The van der Waals surface area contributed by atoms with Crippen molar-refractivity contribution in [2.24, 2.45) is 0 Å². The standard InChI is InChI=1S/C15H11F3N2O4SSe/c1-3-24-14(21)12-8(2)20-13(26-12)9-4-5-11(10(6-9)7-19)25(22,23)15(16,17)18/h4-6H,3H2,1-2H3/i5D. The van der Waals surface area contributed by atoms with Crippen LogP contribution in [0.5, 0.6) is 0 Å². The Morgan fingerprint density at radius 2 is 2.15 bits per heavy atom. The first kappa shape index (κ1) is 18.6. The molecule has 0 spiro atoms. The van der Waals surface area contributed by atoms with Crippen molar-refractivity contribution < 1.29 is 32.5 Å². The average Bonchev–Trinajstić information content (AvgIpc) is 2.94. The van der Waals surface area contributed by atoms with E-state index in [4.69, 9.17) is 11.4 Å². The zero-order valence-electron chi connectivity index (χ0n) is 14.3. The summed E-state index contributed by atoms with van der Waals surface area (Å²) in [6.07, 6.45) is 0. The fraction of sp³-hybridized carbons (Fsp3) is 0.267. The summed E-state index contributed by atoms with van der Waals surface area (Å²) in [6.45, 7) is 3.33. The van der Waals surface area contributed by atoms with E-state index in [2.05, 4.69) is 4.98 Å². The second-order valence-corrected chi connectivity index (χ2v) is 8.82. The molecule has 0 aliphatic heterocycles. The van der Waals surface area contributed by atoms with Crippen LogP contribution in [0.15, 0.2) is 23.1 Å². The maximum atomic E-state index is 12.8. The predicted molar refractivity (Wildman–Crippen MR) is 85.3 cm³/mol. The number of hydrogen-bond acceptors (Lipinski definition) is 6. The number of aromatic nitrogens is 1. The molecule has 0 aliphatic carbocycles. The molecular weight excluding hydrogens is 440 g/mol. The molecular formula is C15H11F3N2O4SSe. The molecule has 1 heterocycles. The van der Waals surface area contributed by atoms with Crippen LogP contribution < -0.4 is 0 Å². The topological polar surface area (TPSA) is 97.1 Å². The zero-order chi connectivity index (χ0) is 20.6. The van der Waals surface area contributed by atoms with Gasteiger partial charge in [0.15, 0.2) is 0 Å². The Balaban J connectivity index is 2.64. The number of carbonyl (C=O) groups is 1. The Bertz CT molecular complexity index is 1060. The van der Waals surface area contributed by atoms with Crippen molar-refractivity contribution in [2.75, 3.05) is 6.61 Å². The van der Waals surface area contributed by atoms with Crippen LogP contribution in [-0.2, 0) is 14.6 Å². The fourth-order valence-electron chi connectivity index (χ4n) is 1.93. The third-order valence-corrected chi connectivity index (χ3v) is 7.08. The van der Waals surface area contributed by atoms with Crippen LogP contribution in [0.2, 0.25) is 0 Å². The van der Waals surface area contributed by atoms with Gasteiger partial charge in [-0.1, -0.05) is 0 Å². The van der Waals surface area contributed by atoms with Gasteiger partial charge in [0.05, 0.1) is 0 Å². The molecule has 6 nitrogen and oxygen atoms in total. The normalized spacial score (nSPS) is 12.4. The second kappa shape index (κ2) is 7.23. The molecule has 0 amide bonds. The number of hydrogen-bond donors (Lipinski definition) is 0. The summed E-state index contributed by atoms with van der Waals surface area (Å²) in [4.78, 5) is 14.6. The van der Waals surface area contributed by atoms with Gasteiger partial charge in [0.2, 0.25) is 0 Å². The first-order valence-electron chi connectivity index (χ1n) is 7.45. The third kappa shape index (κ3) is 3.67. The van der Waals surface area contributed by atoms with E-state index in [1.807, 2.05) is 0 Å². The van der Waals surface area contributed by atoms with Gasteiger partial charge in [-0.25, -0.2) is 0 Å². The molecule has 0 radical (unpaired) electrons. The fourth-order valence-corrected chi connectivity index (χ4v) is 4.76. The number of ether oxygens (including phenoxy) is 1. The van der Waals surface area contributed by atoms with Gasteiger partial charge in [0.1, 0.15) is 0 Å². The first-order valence-corrected chi connectivity index (χ1v) is 10.1. The Morgan fingerprint density at radius 1 is 1.50 bits per heavy atom. The summed E-state index contributed by atoms with van der Waals surface area (Å²) in [7, 11) is -5.86. The van der Waals surface area contributed by atoms with Crippen LogP contribution in [-0.4, -0.2) is 46.0 Å². The molecule has 0 unspecified atom stereocenters. The number of esters is 1. The van der Waals surface area contributed by atoms with Gasteiger partial charge in [-0.3, -0.25) is 0 Å². The molecule has 11 heteroatoms. The van der Waals surface area contributed by atoms with Crippen LogP contribution in [0.1, 0.15) is 28.8 Å². The monoisotopic (exact) mass is 453 g/mol. The number of nitrogens with zero attached hydrogens (tertiary/aromatic N) is 2. The van der Waals surface area contributed by atoms with Crippen molar-refractivity contribution >= 4 is 30.3 Å². The molecule has 1 aromatic heterocycles. The number of nitriles is 1. The zero-order valence-corrected chi connectivity index (χ0v) is 15.9. The van der Waals surface area contributed by atoms with E-state index in [9.17, 15) is 26.4 Å². The molecule has 2 rings (SSSR count). The van der Waals surface area contributed by atoms with Crippen molar-refractivity contribution in [1.82, 2.24) is 4.98 Å². The number of sulfone groups is 1.